The first kappa shape index (κ1) is 10.0. The van der Waals surface area contributed by atoms with Gasteiger partial charge in [0.05, 0.1) is 0 Å². The second kappa shape index (κ2) is 5.39. The van der Waals surface area contributed by atoms with Crippen LogP contribution < -0.4 is 5.32 Å². The molecule has 0 unspecified atom stereocenters. The van der Waals surface area contributed by atoms with E-state index in [-0.39, 0.29) is 0 Å². The largest absolute Gasteiger partial charge is 0.314 e. The predicted molar refractivity (Wildman–Crippen MR) is 61.6 cm³/mol. The molecule has 3 heteroatoms. The molecule has 1 fully saturated rings. The minimum absolute atomic E-state index is 1.12. The normalized spacial score (nSPS) is 18.3. The first-order valence-corrected chi connectivity index (χ1v) is 6.04. The minimum atomic E-state index is 1.12. The Labute approximate surface area is 89.7 Å². The van der Waals surface area contributed by atoms with Crippen molar-refractivity contribution in [1.29, 1.82) is 0 Å². The van der Waals surface area contributed by atoms with Crippen molar-refractivity contribution in [2.45, 2.75) is 4.90 Å². The zero-order chi connectivity index (χ0) is 9.64. The number of hydrogen-bond donors (Lipinski definition) is 1. The number of thioether (sulfide) groups is 1. The summed E-state index contributed by atoms with van der Waals surface area (Å²) in [7, 11) is 0. The first-order valence-electron chi connectivity index (χ1n) is 5.06. The Hall–Kier alpha value is -0.510. The lowest BCUT2D eigenvalue weighted by Gasteiger charge is -2.26. The Kier molecular flexibility index (Phi) is 3.86. The monoisotopic (exact) mass is 208 g/mol. The van der Waals surface area contributed by atoms with Gasteiger partial charge in [-0.2, -0.15) is 0 Å². The van der Waals surface area contributed by atoms with Crippen LogP contribution in [0.15, 0.2) is 35.2 Å². The van der Waals surface area contributed by atoms with Crippen molar-refractivity contribution in [2.24, 2.45) is 0 Å². The van der Waals surface area contributed by atoms with E-state index in [2.05, 4.69) is 40.5 Å². The summed E-state index contributed by atoms with van der Waals surface area (Å²) in [6.45, 7) is 4.63. The molecular weight excluding hydrogens is 192 g/mol. The molecule has 1 aliphatic rings. The van der Waals surface area contributed by atoms with Gasteiger partial charge in [0.1, 0.15) is 0 Å². The van der Waals surface area contributed by atoms with Gasteiger partial charge in [0, 0.05) is 37.0 Å². The summed E-state index contributed by atoms with van der Waals surface area (Å²) in [5.41, 5.74) is 0. The van der Waals surface area contributed by atoms with Gasteiger partial charge in [0.15, 0.2) is 0 Å². The van der Waals surface area contributed by atoms with E-state index in [0.29, 0.717) is 0 Å². The zero-order valence-electron chi connectivity index (χ0n) is 8.28. The standard InChI is InChI=1S/C11H16N2S/c1-2-4-11(5-3-1)14-10-13-8-6-12-7-9-13/h1-5,12H,6-10H2. The van der Waals surface area contributed by atoms with Gasteiger partial charge < -0.3 is 5.32 Å². The number of piperazine rings is 1. The second-order valence-corrected chi connectivity index (χ2v) is 4.47. The molecule has 76 valence electrons. The van der Waals surface area contributed by atoms with Crippen LogP contribution in [0.3, 0.4) is 0 Å². The van der Waals surface area contributed by atoms with Crippen LogP contribution in [0.25, 0.3) is 0 Å². The molecule has 1 aliphatic heterocycles. The van der Waals surface area contributed by atoms with Crippen molar-refractivity contribution < 1.29 is 0 Å². The van der Waals surface area contributed by atoms with Crippen LogP contribution in [-0.2, 0) is 0 Å². The molecule has 0 radical (unpaired) electrons. The molecule has 0 amide bonds. The number of rotatable bonds is 3. The smallest absolute Gasteiger partial charge is 0.0492 e. The van der Waals surface area contributed by atoms with E-state index < -0.39 is 0 Å². The van der Waals surface area contributed by atoms with Gasteiger partial charge in [-0.25, -0.2) is 0 Å². The van der Waals surface area contributed by atoms with E-state index in [0.717, 1.165) is 19.0 Å². The van der Waals surface area contributed by atoms with Gasteiger partial charge in [0.2, 0.25) is 0 Å². The van der Waals surface area contributed by atoms with Gasteiger partial charge in [-0.1, -0.05) is 18.2 Å². The molecule has 1 saturated heterocycles. The fraction of sp³-hybridized carbons (Fsp3) is 0.455. The molecule has 0 aromatic heterocycles. The molecule has 0 spiro atoms. The van der Waals surface area contributed by atoms with E-state index in [9.17, 15) is 0 Å². The molecule has 14 heavy (non-hydrogen) atoms. The fourth-order valence-electron chi connectivity index (χ4n) is 1.52. The van der Waals surface area contributed by atoms with Crippen LogP contribution in [0.1, 0.15) is 0 Å². The van der Waals surface area contributed by atoms with Crippen LogP contribution in [0, 0.1) is 0 Å². The maximum atomic E-state index is 3.36. The minimum Gasteiger partial charge on any atom is -0.314 e. The SMILES string of the molecule is c1ccc(SCN2CCNCC2)cc1. The lowest BCUT2D eigenvalue weighted by molar-refractivity contribution is 0.280. The van der Waals surface area contributed by atoms with Gasteiger partial charge in [0.25, 0.3) is 0 Å². The van der Waals surface area contributed by atoms with Crippen molar-refractivity contribution in [3.63, 3.8) is 0 Å². The van der Waals surface area contributed by atoms with Crippen LogP contribution >= 0.6 is 11.8 Å². The Balaban J connectivity index is 1.76. The third kappa shape index (κ3) is 3.01. The van der Waals surface area contributed by atoms with Crippen molar-refractivity contribution >= 4 is 11.8 Å². The molecule has 1 aromatic rings. The summed E-state index contributed by atoms with van der Waals surface area (Å²) in [5, 5.41) is 3.36. The van der Waals surface area contributed by atoms with E-state index in [1.165, 1.54) is 18.0 Å². The molecule has 2 rings (SSSR count). The van der Waals surface area contributed by atoms with Gasteiger partial charge in [-0.05, 0) is 12.1 Å². The van der Waals surface area contributed by atoms with Crippen molar-refractivity contribution in [3.8, 4) is 0 Å². The summed E-state index contributed by atoms with van der Waals surface area (Å²) < 4.78 is 0. The third-order valence-electron chi connectivity index (χ3n) is 2.37. The molecule has 0 bridgehead atoms. The summed E-state index contributed by atoms with van der Waals surface area (Å²) >= 11 is 1.93. The van der Waals surface area contributed by atoms with Crippen molar-refractivity contribution in [3.05, 3.63) is 30.3 Å². The molecule has 0 saturated carbocycles. The molecular formula is C11H16N2S. The Bertz CT molecular complexity index is 257. The van der Waals surface area contributed by atoms with E-state index >= 15 is 0 Å². The highest BCUT2D eigenvalue weighted by Crippen LogP contribution is 2.18. The molecule has 1 aromatic carbocycles. The van der Waals surface area contributed by atoms with E-state index in [1.54, 1.807) is 0 Å². The molecule has 0 aliphatic carbocycles. The Morgan fingerprint density at radius 2 is 1.86 bits per heavy atom. The Morgan fingerprint density at radius 1 is 1.14 bits per heavy atom. The number of nitrogens with one attached hydrogen (secondary N) is 1. The average molecular weight is 208 g/mol. The molecule has 1 heterocycles. The van der Waals surface area contributed by atoms with Crippen LogP contribution in [0.5, 0.6) is 0 Å². The first-order chi connectivity index (χ1) is 6.95. The summed E-state index contributed by atoms with van der Waals surface area (Å²) in [5.74, 6) is 1.12. The third-order valence-corrected chi connectivity index (χ3v) is 3.47. The highest BCUT2D eigenvalue weighted by Gasteiger charge is 2.08. The summed E-state index contributed by atoms with van der Waals surface area (Å²) in [6, 6.07) is 10.6. The van der Waals surface area contributed by atoms with Crippen molar-refractivity contribution in [2.75, 3.05) is 32.1 Å². The van der Waals surface area contributed by atoms with E-state index in [1.807, 2.05) is 11.8 Å². The Morgan fingerprint density at radius 3 is 2.57 bits per heavy atom. The van der Waals surface area contributed by atoms with Crippen LogP contribution in [-0.4, -0.2) is 37.0 Å². The van der Waals surface area contributed by atoms with Crippen molar-refractivity contribution in [1.82, 2.24) is 10.2 Å². The van der Waals surface area contributed by atoms with E-state index in [4.69, 9.17) is 0 Å². The quantitative estimate of drug-likeness (QED) is 0.760. The number of benzene rings is 1. The predicted octanol–water partition coefficient (Wildman–Crippen LogP) is 1.64. The highest BCUT2D eigenvalue weighted by molar-refractivity contribution is 7.99. The lowest BCUT2D eigenvalue weighted by Crippen LogP contribution is -2.43. The maximum absolute atomic E-state index is 3.36. The summed E-state index contributed by atoms with van der Waals surface area (Å²) in [6.07, 6.45) is 0. The maximum Gasteiger partial charge on any atom is 0.0492 e. The topological polar surface area (TPSA) is 15.3 Å². The number of nitrogens with zero attached hydrogens (tertiary/aromatic N) is 1. The van der Waals surface area contributed by atoms with Gasteiger partial charge >= 0.3 is 0 Å². The molecule has 0 atom stereocenters. The molecule has 2 nitrogen and oxygen atoms in total. The van der Waals surface area contributed by atoms with Gasteiger partial charge in [-0.3, -0.25) is 4.90 Å². The highest BCUT2D eigenvalue weighted by atomic mass is 32.2. The second-order valence-electron chi connectivity index (χ2n) is 3.45. The fourth-order valence-corrected chi connectivity index (χ4v) is 2.46. The number of hydrogen-bond acceptors (Lipinski definition) is 3. The average Bonchev–Trinajstić information content (AvgIpc) is 2.29. The van der Waals surface area contributed by atoms with Crippen LogP contribution in [0.4, 0.5) is 0 Å². The molecule has 1 N–H and O–H groups in total. The zero-order valence-corrected chi connectivity index (χ0v) is 9.09. The van der Waals surface area contributed by atoms with Gasteiger partial charge in [-0.15, -0.1) is 11.8 Å². The van der Waals surface area contributed by atoms with Crippen LogP contribution in [0.2, 0.25) is 0 Å². The summed E-state index contributed by atoms with van der Waals surface area (Å²) in [4.78, 5) is 3.86. The lowest BCUT2D eigenvalue weighted by atomic mass is 10.4.